The van der Waals surface area contributed by atoms with Crippen LogP contribution >= 0.6 is 0 Å². The van der Waals surface area contributed by atoms with Crippen LogP contribution in [-0.4, -0.2) is 70.9 Å². The number of alkyl halides is 6. The minimum Gasteiger partial charge on any atom is -0.462 e. The molecule has 1 N–H and O–H groups in total. The quantitative estimate of drug-likeness (QED) is 0.0881. The van der Waals surface area contributed by atoms with Crippen LogP contribution in [0.2, 0.25) is 0 Å². The number of carbonyl (C=O) groups is 4. The SMILES string of the molecule is CCC(C)(C)C(=O)OC1(CC)CC2CC1C1C3CCC(C3)C21.CCC(C)(C)C(=O)OC1C2CC3C(=O)OC1C3C2.CCC(C)(C)C(=O)OC1CC2CC1CC2CC(O)(C(F)(F)F)C(F)(F)F. The predicted molar refractivity (Wildman–Crippen MR) is 231 cm³/mol. The Morgan fingerprint density at radius 3 is 1.73 bits per heavy atom. The molecule has 16 atom stereocenters. The molecule has 9 aliphatic rings. The van der Waals surface area contributed by atoms with Gasteiger partial charge >= 0.3 is 36.2 Å². The Bertz CT molecular complexity index is 1830. The van der Waals surface area contributed by atoms with E-state index in [1.54, 1.807) is 13.8 Å². The summed E-state index contributed by atoms with van der Waals surface area (Å²) in [5.41, 5.74) is -6.30. The molecule has 8 aliphatic carbocycles. The van der Waals surface area contributed by atoms with Gasteiger partial charge in [0.1, 0.15) is 23.9 Å². The van der Waals surface area contributed by atoms with Crippen molar-refractivity contribution in [2.45, 2.75) is 207 Å². The van der Waals surface area contributed by atoms with Crippen LogP contribution in [-0.2, 0) is 38.1 Å². The van der Waals surface area contributed by atoms with Gasteiger partial charge in [-0.2, -0.15) is 26.3 Å². The van der Waals surface area contributed by atoms with Crippen molar-refractivity contribution in [2.24, 2.45) is 87.3 Å². The van der Waals surface area contributed by atoms with Crippen LogP contribution < -0.4 is 0 Å². The van der Waals surface area contributed by atoms with Crippen molar-refractivity contribution in [1.82, 2.24) is 0 Å². The highest BCUT2D eigenvalue weighted by atomic mass is 19.4. The third kappa shape index (κ3) is 8.82. The number of rotatable bonds is 12. The van der Waals surface area contributed by atoms with Crippen LogP contribution in [0.1, 0.15) is 166 Å². The fourth-order valence-corrected chi connectivity index (χ4v) is 14.2. The Kier molecular flexibility index (Phi) is 13.7. The van der Waals surface area contributed by atoms with E-state index in [0.29, 0.717) is 30.6 Å². The fourth-order valence-electron chi connectivity index (χ4n) is 14.2. The molecule has 0 amide bonds. The highest BCUT2D eigenvalue weighted by Gasteiger charge is 2.72. The maximum Gasteiger partial charge on any atom is 0.426 e. The highest BCUT2D eigenvalue weighted by Crippen LogP contribution is 2.71. The molecule has 8 saturated carbocycles. The zero-order valence-electron chi connectivity index (χ0n) is 40.7. The largest absolute Gasteiger partial charge is 0.462 e. The summed E-state index contributed by atoms with van der Waals surface area (Å²) in [5, 5.41) is 9.39. The molecule has 0 aromatic heterocycles. The molecule has 0 aromatic carbocycles. The summed E-state index contributed by atoms with van der Waals surface area (Å²) in [6.45, 7) is 19.4. The van der Waals surface area contributed by atoms with Gasteiger partial charge in [-0.15, -0.1) is 0 Å². The van der Waals surface area contributed by atoms with Crippen molar-refractivity contribution in [2.75, 3.05) is 0 Å². The van der Waals surface area contributed by atoms with E-state index in [1.807, 2.05) is 41.5 Å². The van der Waals surface area contributed by atoms with E-state index >= 15 is 0 Å². The number of fused-ring (bicyclic) bond motifs is 12. The summed E-state index contributed by atoms with van der Waals surface area (Å²) in [6, 6.07) is 0. The number of esters is 4. The van der Waals surface area contributed by atoms with Crippen molar-refractivity contribution in [3.05, 3.63) is 0 Å². The molecular weight excluding hydrogens is 871 g/mol. The van der Waals surface area contributed by atoms with Gasteiger partial charge in [0.15, 0.2) is 0 Å². The number of aliphatic hydroxyl groups is 1. The number of carbonyl (C=O) groups excluding carboxylic acids is 4. The Hall–Kier alpha value is -2.58. The summed E-state index contributed by atoms with van der Waals surface area (Å²) < 4.78 is 100. The monoisotopic (exact) mass is 947 g/mol. The Morgan fingerprint density at radius 2 is 1.20 bits per heavy atom. The molecule has 1 saturated heterocycles. The minimum absolute atomic E-state index is 0.0455. The van der Waals surface area contributed by atoms with E-state index in [0.717, 1.165) is 68.1 Å². The smallest absolute Gasteiger partial charge is 0.426 e. The maximum atomic E-state index is 12.9. The second kappa shape index (κ2) is 17.7. The van der Waals surface area contributed by atoms with Crippen molar-refractivity contribution in [3.8, 4) is 0 Å². The number of halogens is 6. The molecule has 9 rings (SSSR count). The molecule has 15 heteroatoms. The summed E-state index contributed by atoms with van der Waals surface area (Å²) in [5.74, 6) is 3.87. The van der Waals surface area contributed by atoms with Crippen LogP contribution in [0.25, 0.3) is 0 Å². The van der Waals surface area contributed by atoms with E-state index in [1.165, 1.54) is 25.7 Å². The van der Waals surface area contributed by atoms with Gasteiger partial charge in [0.05, 0.1) is 22.2 Å². The second-order valence-electron chi connectivity index (χ2n) is 24.1. The molecule has 9 fully saturated rings. The molecule has 0 spiro atoms. The molecule has 0 radical (unpaired) electrons. The molecular formula is C51H76F6O9. The third-order valence-electron chi connectivity index (χ3n) is 19.4. The highest BCUT2D eigenvalue weighted by molar-refractivity contribution is 5.79. The van der Waals surface area contributed by atoms with Crippen LogP contribution in [0, 0.1) is 87.3 Å². The van der Waals surface area contributed by atoms with Crippen molar-refractivity contribution < 1.29 is 69.6 Å². The standard InChI is InChI=1S/C20H32O2.C17H24F6O3.C14H20O4/c1-5-19(3,4)18(21)22-20(6-2)11-14-10-15(20)17-13-8-7-12(9-13)16(14)17;1-4-14(2,3)13(24)26-12-7-9-5-10(12)6-11(9)8-15(25,16(18,19)20)17(21,22)23;1-4-14(2,3)13(16)18-10-7-5-8-9(6-7)12(15)17-11(8)10/h12-17H,5-11H2,1-4H3;9-12,25H,4-8H2,1-3H3;7-11H,4-6H2,1-3H3. The summed E-state index contributed by atoms with van der Waals surface area (Å²) in [7, 11) is 0. The molecule has 0 aromatic rings. The van der Waals surface area contributed by atoms with Gasteiger partial charge in [0.25, 0.3) is 5.60 Å². The number of hydrogen-bond donors (Lipinski definition) is 1. The molecule has 9 nitrogen and oxygen atoms in total. The van der Waals surface area contributed by atoms with E-state index in [4.69, 9.17) is 18.9 Å². The maximum absolute atomic E-state index is 12.9. The fraction of sp³-hybridized carbons (Fsp3) is 0.922. The van der Waals surface area contributed by atoms with Gasteiger partial charge in [-0.1, -0.05) is 27.7 Å². The van der Waals surface area contributed by atoms with E-state index in [-0.39, 0.29) is 65.8 Å². The lowest BCUT2D eigenvalue weighted by Crippen LogP contribution is -2.58. The van der Waals surface area contributed by atoms with Gasteiger partial charge in [-0.25, -0.2) is 0 Å². The second-order valence-corrected chi connectivity index (χ2v) is 24.1. The lowest BCUT2D eigenvalue weighted by atomic mass is 9.65. The number of hydrogen-bond acceptors (Lipinski definition) is 9. The Morgan fingerprint density at radius 1 is 0.652 bits per heavy atom. The van der Waals surface area contributed by atoms with Crippen molar-refractivity contribution >= 4 is 23.9 Å². The van der Waals surface area contributed by atoms with E-state index < -0.39 is 59.1 Å². The predicted octanol–water partition coefficient (Wildman–Crippen LogP) is 11.4. The molecule has 1 heterocycles. The molecule has 66 heavy (non-hydrogen) atoms. The first-order valence-corrected chi connectivity index (χ1v) is 25.2. The first kappa shape index (κ1) is 51.3. The zero-order valence-corrected chi connectivity index (χ0v) is 40.7. The van der Waals surface area contributed by atoms with Crippen LogP contribution in [0.3, 0.4) is 0 Å². The van der Waals surface area contributed by atoms with E-state index in [2.05, 4.69) is 13.8 Å². The van der Waals surface area contributed by atoms with Gasteiger partial charge in [0.2, 0.25) is 0 Å². The van der Waals surface area contributed by atoms with Gasteiger partial charge < -0.3 is 24.1 Å². The first-order chi connectivity index (χ1) is 30.5. The molecule has 1 aliphatic heterocycles. The Balaban J connectivity index is 0.000000149. The van der Waals surface area contributed by atoms with E-state index in [9.17, 15) is 50.6 Å². The minimum atomic E-state index is -5.79. The van der Waals surface area contributed by atoms with Crippen LogP contribution in [0.4, 0.5) is 26.3 Å². The van der Waals surface area contributed by atoms with Crippen molar-refractivity contribution in [3.63, 3.8) is 0 Å². The lowest BCUT2D eigenvalue weighted by Gasteiger charge is -2.46. The Labute approximate surface area is 387 Å². The average Bonchev–Trinajstić information content (AvgIpc) is 4.12. The lowest BCUT2D eigenvalue weighted by molar-refractivity contribution is -0.373. The summed E-state index contributed by atoms with van der Waals surface area (Å²) in [4.78, 5) is 48.6. The van der Waals surface area contributed by atoms with Gasteiger partial charge in [-0.3, -0.25) is 19.2 Å². The normalized spacial score (nSPS) is 39.2. The molecule has 8 bridgehead atoms. The average molecular weight is 947 g/mol. The summed E-state index contributed by atoms with van der Waals surface area (Å²) >= 11 is 0. The molecule has 376 valence electrons. The molecule has 16 unspecified atom stereocenters. The topological polar surface area (TPSA) is 125 Å². The number of ether oxygens (including phenoxy) is 4. The van der Waals surface area contributed by atoms with Crippen molar-refractivity contribution in [1.29, 1.82) is 0 Å². The van der Waals surface area contributed by atoms with Gasteiger partial charge in [0, 0.05) is 17.8 Å². The van der Waals surface area contributed by atoms with Gasteiger partial charge in [-0.05, 0) is 185 Å². The third-order valence-corrected chi connectivity index (χ3v) is 19.4. The van der Waals surface area contributed by atoms with Crippen LogP contribution in [0.5, 0.6) is 0 Å². The summed E-state index contributed by atoms with van der Waals surface area (Å²) in [6.07, 6.45) is -1.16. The van der Waals surface area contributed by atoms with Crippen LogP contribution in [0.15, 0.2) is 0 Å². The zero-order chi connectivity index (χ0) is 48.9. The first-order valence-electron chi connectivity index (χ1n) is 25.2.